The number of rotatable bonds is 3. The number of piperazine rings is 1. The van der Waals surface area contributed by atoms with Gasteiger partial charge >= 0.3 is 0 Å². The fraction of sp³-hybridized carbons (Fsp3) is 0.600. The summed E-state index contributed by atoms with van der Waals surface area (Å²) in [5.41, 5.74) is 0. The van der Waals surface area contributed by atoms with E-state index in [0.29, 0.717) is 18.9 Å². The zero-order chi connectivity index (χ0) is 13.3. The second-order valence-corrected chi connectivity index (χ2v) is 5.99. The standard InChI is InChI=1S/C10H16N4O3S/c1-3-13-7-10(12-8(13)2)18(16,17)14-5-4-11-9(15)6-14/h7H,3-6H2,1-2H3,(H,11,15). The summed E-state index contributed by atoms with van der Waals surface area (Å²) in [7, 11) is -3.67. The normalized spacial score (nSPS) is 17.8. The number of imidazole rings is 1. The molecule has 1 N–H and O–H groups in total. The Morgan fingerprint density at radius 1 is 1.50 bits per heavy atom. The first kappa shape index (κ1) is 13.0. The highest BCUT2D eigenvalue weighted by molar-refractivity contribution is 7.89. The Kier molecular flexibility index (Phi) is 3.40. The molecule has 1 amide bonds. The van der Waals surface area contributed by atoms with Crippen molar-refractivity contribution in [2.45, 2.75) is 25.4 Å². The third-order valence-corrected chi connectivity index (χ3v) is 4.62. The summed E-state index contributed by atoms with van der Waals surface area (Å²) >= 11 is 0. The second kappa shape index (κ2) is 4.69. The number of amides is 1. The lowest BCUT2D eigenvalue weighted by Crippen LogP contribution is -2.49. The quantitative estimate of drug-likeness (QED) is 0.791. The molecule has 2 heterocycles. The molecule has 0 saturated carbocycles. The molecule has 1 aromatic heterocycles. The molecule has 7 nitrogen and oxygen atoms in total. The number of sulfonamides is 1. The van der Waals surface area contributed by atoms with E-state index in [9.17, 15) is 13.2 Å². The molecule has 1 aliphatic heterocycles. The third-order valence-electron chi connectivity index (χ3n) is 2.90. The molecular weight excluding hydrogens is 256 g/mol. The Morgan fingerprint density at radius 3 is 2.78 bits per heavy atom. The van der Waals surface area contributed by atoms with Crippen molar-refractivity contribution in [3.05, 3.63) is 12.0 Å². The van der Waals surface area contributed by atoms with E-state index in [1.165, 1.54) is 6.20 Å². The Hall–Kier alpha value is -1.41. The van der Waals surface area contributed by atoms with Crippen molar-refractivity contribution >= 4 is 15.9 Å². The van der Waals surface area contributed by atoms with Crippen LogP contribution < -0.4 is 5.32 Å². The highest BCUT2D eigenvalue weighted by Crippen LogP contribution is 2.15. The summed E-state index contributed by atoms with van der Waals surface area (Å²) in [4.78, 5) is 15.3. The minimum absolute atomic E-state index is 0.0107. The molecule has 18 heavy (non-hydrogen) atoms. The number of nitrogens with one attached hydrogen (secondary N) is 1. The van der Waals surface area contributed by atoms with Crippen LogP contribution in [-0.4, -0.2) is 47.8 Å². The van der Waals surface area contributed by atoms with E-state index in [0.717, 1.165) is 4.31 Å². The predicted octanol–water partition coefficient (Wildman–Crippen LogP) is -0.668. The van der Waals surface area contributed by atoms with Crippen LogP contribution in [0.3, 0.4) is 0 Å². The fourth-order valence-electron chi connectivity index (χ4n) is 1.88. The van der Waals surface area contributed by atoms with Crippen molar-refractivity contribution in [3.8, 4) is 0 Å². The highest BCUT2D eigenvalue weighted by atomic mass is 32.2. The van der Waals surface area contributed by atoms with E-state index in [2.05, 4.69) is 10.3 Å². The van der Waals surface area contributed by atoms with E-state index < -0.39 is 10.0 Å². The van der Waals surface area contributed by atoms with Gasteiger partial charge in [0.15, 0.2) is 5.03 Å². The molecule has 1 saturated heterocycles. The van der Waals surface area contributed by atoms with Gasteiger partial charge in [-0.2, -0.15) is 4.31 Å². The van der Waals surface area contributed by atoms with E-state index in [-0.39, 0.29) is 24.0 Å². The van der Waals surface area contributed by atoms with Crippen molar-refractivity contribution < 1.29 is 13.2 Å². The molecule has 1 aliphatic rings. The Bertz CT molecular complexity index is 564. The maximum Gasteiger partial charge on any atom is 0.262 e. The lowest BCUT2D eigenvalue weighted by atomic mass is 10.4. The number of carbonyl (C=O) groups is 1. The van der Waals surface area contributed by atoms with Crippen LogP contribution in [0.25, 0.3) is 0 Å². The number of carbonyl (C=O) groups excluding carboxylic acids is 1. The number of aromatic nitrogens is 2. The van der Waals surface area contributed by atoms with Crippen molar-refractivity contribution in [2.75, 3.05) is 19.6 Å². The summed E-state index contributed by atoms with van der Waals surface area (Å²) < 4.78 is 27.5. The van der Waals surface area contributed by atoms with Crippen molar-refractivity contribution in [2.24, 2.45) is 0 Å². The van der Waals surface area contributed by atoms with E-state index in [1.54, 1.807) is 11.5 Å². The maximum atomic E-state index is 12.3. The average Bonchev–Trinajstić information content (AvgIpc) is 2.71. The van der Waals surface area contributed by atoms with Crippen LogP contribution in [0.1, 0.15) is 12.7 Å². The van der Waals surface area contributed by atoms with Gasteiger partial charge in [0.05, 0.1) is 6.54 Å². The smallest absolute Gasteiger partial charge is 0.262 e. The first-order valence-electron chi connectivity index (χ1n) is 5.75. The van der Waals surface area contributed by atoms with Gasteiger partial charge in [0.25, 0.3) is 10.0 Å². The monoisotopic (exact) mass is 272 g/mol. The maximum absolute atomic E-state index is 12.3. The van der Waals surface area contributed by atoms with E-state index in [4.69, 9.17) is 0 Å². The summed E-state index contributed by atoms with van der Waals surface area (Å²) in [6.45, 7) is 4.82. The topological polar surface area (TPSA) is 84.3 Å². The van der Waals surface area contributed by atoms with Crippen molar-refractivity contribution in [3.63, 3.8) is 0 Å². The Balaban J connectivity index is 2.32. The predicted molar refractivity (Wildman–Crippen MR) is 64.4 cm³/mol. The molecular formula is C10H16N4O3S. The highest BCUT2D eigenvalue weighted by Gasteiger charge is 2.31. The first-order valence-corrected chi connectivity index (χ1v) is 7.19. The fourth-order valence-corrected chi connectivity index (χ4v) is 3.27. The molecule has 0 bridgehead atoms. The molecule has 8 heteroatoms. The van der Waals surface area contributed by atoms with Gasteiger partial charge < -0.3 is 9.88 Å². The summed E-state index contributed by atoms with van der Waals surface area (Å²) in [5, 5.41) is 2.60. The molecule has 0 unspecified atom stereocenters. The molecule has 0 aliphatic carbocycles. The van der Waals surface area contributed by atoms with Crippen molar-refractivity contribution in [1.82, 2.24) is 19.2 Å². The van der Waals surface area contributed by atoms with Crippen LogP contribution in [0.4, 0.5) is 0 Å². The molecule has 0 radical (unpaired) electrons. The molecule has 0 spiro atoms. The number of aryl methyl sites for hydroxylation is 2. The minimum Gasteiger partial charge on any atom is -0.354 e. The van der Waals surface area contributed by atoms with Gasteiger partial charge in [0, 0.05) is 25.8 Å². The number of hydrogen-bond donors (Lipinski definition) is 1. The van der Waals surface area contributed by atoms with Gasteiger partial charge in [-0.1, -0.05) is 0 Å². The molecule has 100 valence electrons. The van der Waals surface area contributed by atoms with E-state index >= 15 is 0 Å². The molecule has 0 atom stereocenters. The largest absolute Gasteiger partial charge is 0.354 e. The van der Waals surface area contributed by atoms with Gasteiger partial charge in [0.2, 0.25) is 5.91 Å². The lowest BCUT2D eigenvalue weighted by Gasteiger charge is -2.24. The minimum atomic E-state index is -3.67. The summed E-state index contributed by atoms with van der Waals surface area (Å²) in [6.07, 6.45) is 1.51. The molecule has 0 aromatic carbocycles. The van der Waals surface area contributed by atoms with Crippen LogP contribution >= 0.6 is 0 Å². The van der Waals surface area contributed by atoms with Crippen LogP contribution in [0.15, 0.2) is 11.2 Å². The third kappa shape index (κ3) is 2.25. The summed E-state index contributed by atoms with van der Waals surface area (Å²) in [6, 6.07) is 0. The molecule has 2 rings (SSSR count). The summed E-state index contributed by atoms with van der Waals surface area (Å²) in [5.74, 6) is 0.369. The van der Waals surface area contributed by atoms with Gasteiger partial charge in [0.1, 0.15) is 5.82 Å². The second-order valence-electron chi connectivity index (χ2n) is 4.10. The van der Waals surface area contributed by atoms with Crippen LogP contribution in [0.2, 0.25) is 0 Å². The zero-order valence-electron chi connectivity index (χ0n) is 10.4. The van der Waals surface area contributed by atoms with Crippen LogP contribution in [0, 0.1) is 6.92 Å². The lowest BCUT2D eigenvalue weighted by molar-refractivity contribution is -0.122. The SMILES string of the molecule is CCn1cc(S(=O)(=O)N2CCNC(=O)C2)nc1C. The first-order chi connectivity index (χ1) is 8.45. The van der Waals surface area contributed by atoms with Crippen LogP contribution in [0.5, 0.6) is 0 Å². The van der Waals surface area contributed by atoms with Crippen molar-refractivity contribution in [1.29, 1.82) is 0 Å². The van der Waals surface area contributed by atoms with Gasteiger partial charge in [-0.05, 0) is 13.8 Å². The van der Waals surface area contributed by atoms with E-state index in [1.807, 2.05) is 6.92 Å². The van der Waals surface area contributed by atoms with Gasteiger partial charge in [-0.3, -0.25) is 4.79 Å². The average molecular weight is 272 g/mol. The van der Waals surface area contributed by atoms with Crippen LogP contribution in [-0.2, 0) is 21.4 Å². The zero-order valence-corrected chi connectivity index (χ0v) is 11.2. The molecule has 1 aromatic rings. The Morgan fingerprint density at radius 2 is 2.22 bits per heavy atom. The number of hydrogen-bond acceptors (Lipinski definition) is 4. The molecule has 1 fully saturated rings. The van der Waals surface area contributed by atoms with Gasteiger partial charge in [-0.25, -0.2) is 13.4 Å². The Labute approximate surface area is 106 Å². The van der Waals surface area contributed by atoms with Gasteiger partial charge in [-0.15, -0.1) is 0 Å². The number of nitrogens with zero attached hydrogens (tertiary/aromatic N) is 3.